The first-order chi connectivity index (χ1) is 11.9. The summed E-state index contributed by atoms with van der Waals surface area (Å²) in [5.41, 5.74) is 2.97. The van der Waals surface area contributed by atoms with Gasteiger partial charge in [-0.15, -0.1) is 0 Å². The second-order valence-electron chi connectivity index (χ2n) is 7.89. The van der Waals surface area contributed by atoms with Gasteiger partial charge in [-0.05, 0) is 48.1 Å². The van der Waals surface area contributed by atoms with E-state index in [9.17, 15) is 19.8 Å². The lowest BCUT2D eigenvalue weighted by atomic mass is 9.58. The van der Waals surface area contributed by atoms with E-state index in [4.69, 9.17) is 4.74 Å². The number of aliphatic hydroxyl groups is 2. The normalized spacial score (nSPS) is 35.9. The van der Waals surface area contributed by atoms with Gasteiger partial charge >= 0.3 is 0 Å². The third-order valence-corrected chi connectivity index (χ3v) is 6.56. The smallest absolute Gasteiger partial charge is 0.227 e. The molecule has 25 heavy (non-hydrogen) atoms. The van der Waals surface area contributed by atoms with Crippen molar-refractivity contribution < 1.29 is 24.5 Å². The molecule has 0 saturated heterocycles. The molecule has 1 aromatic rings. The van der Waals surface area contributed by atoms with Crippen molar-refractivity contribution in [2.75, 3.05) is 6.61 Å². The Morgan fingerprint density at radius 1 is 1.16 bits per heavy atom. The van der Waals surface area contributed by atoms with E-state index in [-0.39, 0.29) is 17.5 Å². The van der Waals surface area contributed by atoms with Crippen molar-refractivity contribution in [3.8, 4) is 0 Å². The van der Waals surface area contributed by atoms with Crippen molar-refractivity contribution in [3.63, 3.8) is 0 Å². The summed E-state index contributed by atoms with van der Waals surface area (Å²) < 4.78 is 5.71. The van der Waals surface area contributed by atoms with Gasteiger partial charge in [-0.25, -0.2) is 0 Å². The zero-order valence-corrected chi connectivity index (χ0v) is 14.0. The van der Waals surface area contributed by atoms with Crippen LogP contribution in [0.5, 0.6) is 0 Å². The van der Waals surface area contributed by atoms with Gasteiger partial charge < -0.3 is 14.9 Å². The average molecular weight is 340 g/mol. The van der Waals surface area contributed by atoms with E-state index in [2.05, 4.69) is 6.92 Å². The molecular weight excluding hydrogens is 320 g/mol. The number of benzene rings is 1. The summed E-state index contributed by atoms with van der Waals surface area (Å²) in [4.78, 5) is 25.4. The first-order valence-electron chi connectivity index (χ1n) is 8.91. The molecule has 0 radical (unpaired) electrons. The third-order valence-electron chi connectivity index (χ3n) is 6.56. The van der Waals surface area contributed by atoms with Crippen molar-refractivity contribution in [1.82, 2.24) is 0 Å². The molecule has 0 aromatic heterocycles. The Bertz CT molecular complexity index is 867. The first-order valence-corrected chi connectivity index (χ1v) is 8.91. The number of hydrogen-bond donors (Lipinski definition) is 2. The van der Waals surface area contributed by atoms with Crippen LogP contribution in [0.4, 0.5) is 0 Å². The van der Waals surface area contributed by atoms with E-state index in [1.807, 2.05) is 6.07 Å². The largest absolute Gasteiger partial charge is 0.489 e. The van der Waals surface area contributed by atoms with Crippen molar-refractivity contribution >= 4 is 11.6 Å². The van der Waals surface area contributed by atoms with Crippen molar-refractivity contribution in [2.45, 2.75) is 50.2 Å². The number of Topliss-reactive ketones (excluding diaryl/α,β-unsaturated/α-hetero) is 2. The Hall–Kier alpha value is -1.98. The maximum absolute atomic E-state index is 13.0. The number of fused-ring (bicyclic) bond motifs is 3. The van der Waals surface area contributed by atoms with Crippen LogP contribution in [-0.2, 0) is 10.2 Å². The quantitative estimate of drug-likeness (QED) is 0.756. The van der Waals surface area contributed by atoms with Crippen molar-refractivity contribution in [3.05, 3.63) is 45.7 Å². The molecule has 5 nitrogen and oxygen atoms in total. The Balaban J connectivity index is 1.78. The summed E-state index contributed by atoms with van der Waals surface area (Å²) in [5, 5.41) is 20.6. The van der Waals surface area contributed by atoms with Gasteiger partial charge in [0.25, 0.3) is 0 Å². The number of ketones is 2. The van der Waals surface area contributed by atoms with Gasteiger partial charge in [0.05, 0.1) is 18.8 Å². The summed E-state index contributed by atoms with van der Waals surface area (Å²) in [5.74, 6) is 0.0552. The van der Waals surface area contributed by atoms with E-state index >= 15 is 0 Å². The molecule has 4 aliphatic rings. The molecule has 1 saturated carbocycles. The monoisotopic (exact) mass is 340 g/mol. The van der Waals surface area contributed by atoms with Gasteiger partial charge in [0.2, 0.25) is 5.78 Å². The van der Waals surface area contributed by atoms with Crippen LogP contribution in [-0.4, -0.2) is 34.5 Å². The summed E-state index contributed by atoms with van der Waals surface area (Å²) in [6.45, 7) is 2.42. The molecule has 1 aliphatic heterocycles. The number of carbonyl (C=O) groups excluding carboxylic acids is 2. The SMILES string of the molecule is C[C@]12CC[C@@H](O)[C@H]3COC(=C31)C(=O)c1cc3c(cc12)C(=O)CCC3O. The maximum Gasteiger partial charge on any atom is 0.227 e. The summed E-state index contributed by atoms with van der Waals surface area (Å²) in [6, 6.07) is 3.52. The minimum atomic E-state index is -0.709. The fourth-order valence-corrected chi connectivity index (χ4v) is 5.16. The molecule has 1 heterocycles. The number of rotatable bonds is 0. The van der Waals surface area contributed by atoms with E-state index < -0.39 is 17.6 Å². The zero-order chi connectivity index (χ0) is 17.5. The lowest BCUT2D eigenvalue weighted by Gasteiger charge is -2.44. The van der Waals surface area contributed by atoms with E-state index in [1.54, 1.807) is 6.07 Å². The number of hydrogen-bond acceptors (Lipinski definition) is 5. The Morgan fingerprint density at radius 2 is 1.96 bits per heavy atom. The predicted molar refractivity (Wildman–Crippen MR) is 88.4 cm³/mol. The minimum Gasteiger partial charge on any atom is -0.489 e. The van der Waals surface area contributed by atoms with Gasteiger partial charge in [-0.3, -0.25) is 9.59 Å². The van der Waals surface area contributed by atoms with E-state index in [0.717, 1.165) is 11.1 Å². The van der Waals surface area contributed by atoms with Gasteiger partial charge in [-0.1, -0.05) is 6.92 Å². The topological polar surface area (TPSA) is 83.8 Å². The highest BCUT2D eigenvalue weighted by Crippen LogP contribution is 2.55. The molecule has 130 valence electrons. The highest BCUT2D eigenvalue weighted by Gasteiger charge is 2.53. The molecule has 0 spiro atoms. The fraction of sp³-hybridized carbons (Fsp3) is 0.500. The molecule has 0 bridgehead atoms. The molecule has 1 fully saturated rings. The number of aliphatic hydroxyl groups excluding tert-OH is 2. The van der Waals surface area contributed by atoms with Crippen LogP contribution >= 0.6 is 0 Å². The van der Waals surface area contributed by atoms with Crippen LogP contribution in [0, 0.1) is 5.92 Å². The van der Waals surface area contributed by atoms with Crippen LogP contribution in [0.15, 0.2) is 23.5 Å². The minimum absolute atomic E-state index is 0.0222. The number of carbonyl (C=O) groups is 2. The first kappa shape index (κ1) is 15.3. The highest BCUT2D eigenvalue weighted by atomic mass is 16.5. The van der Waals surface area contributed by atoms with Crippen LogP contribution in [0.2, 0.25) is 0 Å². The van der Waals surface area contributed by atoms with Gasteiger partial charge in [0.1, 0.15) is 0 Å². The van der Waals surface area contributed by atoms with E-state index in [0.29, 0.717) is 54.7 Å². The van der Waals surface area contributed by atoms with Gasteiger partial charge in [0.15, 0.2) is 11.5 Å². The van der Waals surface area contributed by atoms with Crippen molar-refractivity contribution in [1.29, 1.82) is 0 Å². The van der Waals surface area contributed by atoms with Crippen LogP contribution < -0.4 is 0 Å². The lowest BCUT2D eigenvalue weighted by Crippen LogP contribution is -2.43. The highest BCUT2D eigenvalue weighted by molar-refractivity contribution is 6.12. The van der Waals surface area contributed by atoms with Crippen LogP contribution in [0.25, 0.3) is 0 Å². The predicted octanol–water partition coefficient (Wildman–Crippen LogP) is 2.21. The molecule has 5 heteroatoms. The van der Waals surface area contributed by atoms with Gasteiger partial charge in [0, 0.05) is 28.9 Å². The second-order valence-corrected chi connectivity index (χ2v) is 7.89. The fourth-order valence-electron chi connectivity index (χ4n) is 5.16. The molecule has 3 aliphatic carbocycles. The molecule has 1 unspecified atom stereocenters. The maximum atomic E-state index is 13.0. The molecule has 5 rings (SSSR count). The standard InChI is InChI=1S/C20H20O5/c1-20-5-4-16(23)12-8-25-19(17(12)20)18(24)11-6-9-10(7-13(11)20)15(22)3-2-14(9)21/h6-7,12,14,16,21,23H,2-5,8H2,1H3/t12-,14?,16-,20-/m1/s1. The zero-order valence-electron chi connectivity index (χ0n) is 14.0. The molecule has 4 atom stereocenters. The summed E-state index contributed by atoms with van der Waals surface area (Å²) in [7, 11) is 0. The number of ether oxygens (including phenoxy) is 1. The molecule has 2 N–H and O–H groups in total. The molecule has 1 aromatic carbocycles. The average Bonchev–Trinajstić information content (AvgIpc) is 3.06. The van der Waals surface area contributed by atoms with Crippen LogP contribution in [0.3, 0.4) is 0 Å². The summed E-state index contributed by atoms with van der Waals surface area (Å²) in [6.07, 6.45) is 0.881. The van der Waals surface area contributed by atoms with Crippen molar-refractivity contribution in [2.24, 2.45) is 5.92 Å². The third kappa shape index (κ3) is 1.80. The summed E-state index contributed by atoms with van der Waals surface area (Å²) >= 11 is 0. The Kier molecular flexibility index (Phi) is 2.94. The molecule has 0 amide bonds. The van der Waals surface area contributed by atoms with E-state index in [1.165, 1.54) is 0 Å². The number of allylic oxidation sites excluding steroid dienone is 1. The lowest BCUT2D eigenvalue weighted by molar-refractivity contribution is 0.0630. The Morgan fingerprint density at radius 3 is 2.76 bits per heavy atom. The van der Waals surface area contributed by atoms with Gasteiger partial charge in [-0.2, -0.15) is 0 Å². The van der Waals surface area contributed by atoms with Crippen LogP contribution in [0.1, 0.15) is 70.6 Å². The second kappa shape index (κ2) is 4.80. The molecular formula is C20H20O5. The Labute approximate surface area is 145 Å².